The normalized spacial score (nSPS) is 14.5. The molecule has 0 amide bonds. The molecule has 3 rings (SSSR count). The predicted octanol–water partition coefficient (Wildman–Crippen LogP) is 5.63. The zero-order chi connectivity index (χ0) is 25.5. The number of aryl methyl sites for hydroxylation is 2. The van der Waals surface area contributed by atoms with E-state index in [1.165, 1.54) is 22.4 Å². The summed E-state index contributed by atoms with van der Waals surface area (Å²) < 4.78 is 34.0. The molecule has 0 unspecified atom stereocenters. The molecule has 2 aromatic heterocycles. The molecule has 0 aromatic carbocycles. The number of allylic oxidation sites excluding steroid dienone is 3. The van der Waals surface area contributed by atoms with Gasteiger partial charge in [0.05, 0.1) is 18.5 Å². The van der Waals surface area contributed by atoms with E-state index in [1.807, 2.05) is 13.0 Å². The minimum absolute atomic E-state index is 0.109. The Kier molecular flexibility index (Phi) is 8.95. The van der Waals surface area contributed by atoms with Gasteiger partial charge in [0.2, 0.25) is 0 Å². The smallest absolute Gasteiger partial charge is 0.277 e. The standard InChI is InChI=1S/C25H28ClF2N5O2/c1-16-14-31-23(32(29)9-4-5-18-6-7-18)13-21(16)33-17(2)11-22(24(26)25(33)34)35-10-8-19(27)12-20(28)15-30-3/h4,9,11-15,18H,3,5-8,10,29H2,1-2H3/b9-4-,19-12+,20-15+. The van der Waals surface area contributed by atoms with Crippen LogP contribution in [0, 0.1) is 19.8 Å². The van der Waals surface area contributed by atoms with E-state index in [9.17, 15) is 13.6 Å². The number of nitrogens with zero attached hydrogens (tertiary/aromatic N) is 4. The van der Waals surface area contributed by atoms with E-state index < -0.39 is 17.2 Å². The first kappa shape index (κ1) is 26.3. The second-order valence-corrected chi connectivity index (χ2v) is 8.67. The van der Waals surface area contributed by atoms with Gasteiger partial charge in [-0.3, -0.25) is 19.4 Å². The second kappa shape index (κ2) is 11.9. The summed E-state index contributed by atoms with van der Waals surface area (Å²) in [6.07, 6.45) is 10.1. The number of aliphatic imine (C=N–C) groups is 1. The molecule has 35 heavy (non-hydrogen) atoms. The van der Waals surface area contributed by atoms with Crippen LogP contribution < -0.4 is 21.1 Å². The number of aromatic nitrogens is 2. The van der Waals surface area contributed by atoms with Crippen LogP contribution >= 0.6 is 11.6 Å². The SMILES string of the molecule is C=N/C=C(F)\C=C(\F)CCOc1cc(C)n(-c2cc(N(N)/C=C\CC3CC3)ncc2C)c(=O)c1Cl. The Balaban J connectivity index is 1.80. The molecule has 186 valence electrons. The quantitative estimate of drug-likeness (QED) is 0.186. The highest BCUT2D eigenvalue weighted by Gasteiger charge is 2.19. The lowest BCUT2D eigenvalue weighted by Crippen LogP contribution is -2.27. The molecule has 2 aromatic rings. The fraction of sp³-hybridized carbons (Fsp3) is 0.320. The molecular formula is C25H28ClF2N5O2. The topological polar surface area (TPSA) is 85.7 Å². The van der Waals surface area contributed by atoms with Crippen molar-refractivity contribution in [2.45, 2.75) is 39.5 Å². The molecule has 2 heterocycles. The maximum atomic E-state index is 13.8. The highest BCUT2D eigenvalue weighted by Crippen LogP contribution is 2.32. The van der Waals surface area contributed by atoms with Gasteiger partial charge in [-0.25, -0.2) is 19.6 Å². The minimum atomic E-state index is -0.865. The first-order chi connectivity index (χ1) is 16.7. The summed E-state index contributed by atoms with van der Waals surface area (Å²) in [5.41, 5.74) is 1.36. The van der Waals surface area contributed by atoms with Crippen LogP contribution in [-0.2, 0) is 0 Å². The van der Waals surface area contributed by atoms with Crippen LogP contribution in [-0.4, -0.2) is 22.9 Å². The van der Waals surface area contributed by atoms with Crippen molar-refractivity contribution >= 4 is 24.1 Å². The number of rotatable bonds is 11. The van der Waals surface area contributed by atoms with Gasteiger partial charge in [0.25, 0.3) is 5.56 Å². The van der Waals surface area contributed by atoms with Crippen molar-refractivity contribution in [1.82, 2.24) is 9.55 Å². The van der Waals surface area contributed by atoms with E-state index in [-0.39, 0.29) is 23.8 Å². The summed E-state index contributed by atoms with van der Waals surface area (Å²) in [6.45, 7) is 6.50. The van der Waals surface area contributed by atoms with Gasteiger partial charge in [0, 0.05) is 42.7 Å². The monoisotopic (exact) mass is 503 g/mol. The van der Waals surface area contributed by atoms with Crippen molar-refractivity contribution < 1.29 is 13.5 Å². The minimum Gasteiger partial charge on any atom is -0.491 e. The third-order valence-corrected chi connectivity index (χ3v) is 5.75. The van der Waals surface area contributed by atoms with E-state index in [0.29, 0.717) is 23.3 Å². The fourth-order valence-corrected chi connectivity index (χ4v) is 3.57. The molecule has 0 atom stereocenters. The molecule has 1 saturated carbocycles. The van der Waals surface area contributed by atoms with Crippen LogP contribution in [0.15, 0.2) is 64.3 Å². The molecule has 0 aliphatic heterocycles. The largest absolute Gasteiger partial charge is 0.491 e. The van der Waals surface area contributed by atoms with Gasteiger partial charge < -0.3 is 4.74 Å². The fourth-order valence-electron chi connectivity index (χ4n) is 3.37. The van der Waals surface area contributed by atoms with Gasteiger partial charge in [0.15, 0.2) is 0 Å². The van der Waals surface area contributed by atoms with Gasteiger partial charge in [-0.1, -0.05) is 17.7 Å². The molecule has 0 radical (unpaired) electrons. The van der Waals surface area contributed by atoms with Crippen molar-refractivity contribution in [2.75, 3.05) is 11.6 Å². The number of hydrogen-bond acceptors (Lipinski definition) is 6. The summed E-state index contributed by atoms with van der Waals surface area (Å²) in [4.78, 5) is 20.7. The molecule has 1 fully saturated rings. The van der Waals surface area contributed by atoms with Gasteiger partial charge in [-0.15, -0.1) is 0 Å². The molecule has 0 spiro atoms. The molecule has 2 N–H and O–H groups in total. The highest BCUT2D eigenvalue weighted by molar-refractivity contribution is 6.31. The van der Waals surface area contributed by atoms with Crippen molar-refractivity contribution in [3.63, 3.8) is 0 Å². The number of halogens is 3. The molecule has 0 bridgehead atoms. The van der Waals surface area contributed by atoms with E-state index in [1.54, 1.807) is 31.5 Å². The molecule has 0 saturated heterocycles. The first-order valence-corrected chi connectivity index (χ1v) is 11.5. The third-order valence-electron chi connectivity index (χ3n) is 5.41. The lowest BCUT2D eigenvalue weighted by molar-refractivity contribution is 0.309. The van der Waals surface area contributed by atoms with E-state index in [4.69, 9.17) is 22.2 Å². The number of hydrogen-bond donors (Lipinski definition) is 1. The summed E-state index contributed by atoms with van der Waals surface area (Å²) in [7, 11) is 0. The highest BCUT2D eigenvalue weighted by atomic mass is 35.5. The summed E-state index contributed by atoms with van der Waals surface area (Å²) in [5, 5.41) is 1.25. The zero-order valence-electron chi connectivity index (χ0n) is 19.7. The predicted molar refractivity (Wildman–Crippen MR) is 136 cm³/mol. The van der Waals surface area contributed by atoms with Crippen LogP contribution in [0.2, 0.25) is 5.02 Å². The lowest BCUT2D eigenvalue weighted by atomic mass is 10.2. The average molecular weight is 504 g/mol. The number of ether oxygens (including phenoxy) is 1. The second-order valence-electron chi connectivity index (χ2n) is 8.29. The Morgan fingerprint density at radius 2 is 2.14 bits per heavy atom. The third kappa shape index (κ3) is 7.10. The number of anilines is 1. The van der Waals surface area contributed by atoms with E-state index in [0.717, 1.165) is 24.1 Å². The van der Waals surface area contributed by atoms with Crippen molar-refractivity contribution in [3.8, 4) is 11.4 Å². The lowest BCUT2D eigenvalue weighted by Gasteiger charge is -2.18. The number of hydrazine groups is 1. The number of pyridine rings is 2. The van der Waals surface area contributed by atoms with Crippen LogP contribution in [0.25, 0.3) is 5.69 Å². The molecule has 1 aliphatic rings. The first-order valence-electron chi connectivity index (χ1n) is 11.1. The summed E-state index contributed by atoms with van der Waals surface area (Å²) in [6, 6.07) is 3.30. The van der Waals surface area contributed by atoms with Gasteiger partial charge in [-0.05, 0) is 51.3 Å². The molecule has 7 nitrogen and oxygen atoms in total. The Morgan fingerprint density at radius 1 is 1.40 bits per heavy atom. The Hall–Kier alpha value is -3.30. The summed E-state index contributed by atoms with van der Waals surface area (Å²) in [5.74, 6) is 5.84. The van der Waals surface area contributed by atoms with Crippen LogP contribution in [0.4, 0.5) is 14.6 Å². The molecular weight excluding hydrogens is 476 g/mol. The zero-order valence-corrected chi connectivity index (χ0v) is 20.4. The van der Waals surface area contributed by atoms with Crippen molar-refractivity contribution in [2.24, 2.45) is 16.8 Å². The average Bonchev–Trinajstić information content (AvgIpc) is 3.62. The molecule has 10 heteroatoms. The maximum absolute atomic E-state index is 13.8. The van der Waals surface area contributed by atoms with Crippen LogP contribution in [0.5, 0.6) is 5.75 Å². The van der Waals surface area contributed by atoms with Gasteiger partial charge in [-0.2, -0.15) is 0 Å². The Morgan fingerprint density at radius 3 is 2.83 bits per heavy atom. The molecule has 1 aliphatic carbocycles. The van der Waals surface area contributed by atoms with Crippen molar-refractivity contribution in [3.05, 3.63) is 81.2 Å². The Bertz CT molecular complexity index is 1240. The summed E-state index contributed by atoms with van der Waals surface area (Å²) >= 11 is 6.30. The van der Waals surface area contributed by atoms with Crippen LogP contribution in [0.3, 0.4) is 0 Å². The van der Waals surface area contributed by atoms with Crippen LogP contribution in [0.1, 0.15) is 36.9 Å². The van der Waals surface area contributed by atoms with Gasteiger partial charge >= 0.3 is 0 Å². The van der Waals surface area contributed by atoms with E-state index in [2.05, 4.69) is 16.7 Å². The number of nitrogens with two attached hydrogens (primary N) is 1. The van der Waals surface area contributed by atoms with Crippen molar-refractivity contribution in [1.29, 1.82) is 0 Å². The van der Waals surface area contributed by atoms with E-state index >= 15 is 0 Å². The Labute approximate surface area is 207 Å². The van der Waals surface area contributed by atoms with Gasteiger partial charge in [0.1, 0.15) is 28.2 Å². The maximum Gasteiger partial charge on any atom is 0.277 e.